The summed E-state index contributed by atoms with van der Waals surface area (Å²) in [4.78, 5) is 8.91. The number of anilines is 1. The lowest BCUT2D eigenvalue weighted by atomic mass is 10.2. The van der Waals surface area contributed by atoms with Gasteiger partial charge in [0.25, 0.3) is 0 Å². The molecule has 0 fully saturated rings. The van der Waals surface area contributed by atoms with Gasteiger partial charge in [-0.15, -0.1) is 0 Å². The minimum absolute atomic E-state index is 0.326. The summed E-state index contributed by atoms with van der Waals surface area (Å²) in [5, 5.41) is 15.6. The standard InChI is InChI=1S/C26H23N5O3/c1-17-6-4-5-7-21(17)31-26(29-16-27)30-18-8-10-19(11-9-18)34-23-12-13-28-22-15-25(33-3)24(32-2)14-20(22)23/h4-15H,1-3H3,(H2,29,30,31). The zero-order valence-corrected chi connectivity index (χ0v) is 19.0. The van der Waals surface area contributed by atoms with Gasteiger partial charge in [-0.2, -0.15) is 5.26 Å². The summed E-state index contributed by atoms with van der Waals surface area (Å²) < 4.78 is 16.9. The normalized spacial score (nSPS) is 10.9. The van der Waals surface area contributed by atoms with Crippen LogP contribution >= 0.6 is 0 Å². The number of methoxy groups -OCH3 is 2. The van der Waals surface area contributed by atoms with E-state index in [1.165, 1.54) is 0 Å². The molecule has 1 aromatic heterocycles. The fourth-order valence-corrected chi connectivity index (χ4v) is 3.36. The quantitative estimate of drug-likeness (QED) is 0.171. The maximum atomic E-state index is 9.10. The second-order valence-corrected chi connectivity index (χ2v) is 7.27. The summed E-state index contributed by atoms with van der Waals surface area (Å²) >= 11 is 0. The van der Waals surface area contributed by atoms with Crippen LogP contribution in [0.15, 0.2) is 77.9 Å². The molecule has 8 nitrogen and oxygen atoms in total. The Morgan fingerprint density at radius 2 is 1.68 bits per heavy atom. The lowest BCUT2D eigenvalue weighted by Crippen LogP contribution is -2.26. The zero-order chi connectivity index (χ0) is 23.9. The van der Waals surface area contributed by atoms with E-state index in [0.29, 0.717) is 29.0 Å². The fourth-order valence-electron chi connectivity index (χ4n) is 3.36. The summed E-state index contributed by atoms with van der Waals surface area (Å²) in [6.45, 7) is 1.96. The van der Waals surface area contributed by atoms with E-state index >= 15 is 0 Å². The molecule has 0 saturated carbocycles. The Morgan fingerprint density at radius 3 is 2.38 bits per heavy atom. The van der Waals surface area contributed by atoms with E-state index in [4.69, 9.17) is 19.5 Å². The first-order chi connectivity index (χ1) is 16.6. The van der Waals surface area contributed by atoms with E-state index in [2.05, 4.69) is 20.6 Å². The summed E-state index contributed by atoms with van der Waals surface area (Å²) in [6.07, 6.45) is 3.60. The van der Waals surface area contributed by atoms with E-state index in [-0.39, 0.29) is 0 Å². The van der Waals surface area contributed by atoms with Crippen LogP contribution in [0.1, 0.15) is 5.56 Å². The van der Waals surface area contributed by atoms with Gasteiger partial charge in [-0.1, -0.05) is 18.2 Å². The van der Waals surface area contributed by atoms with Crippen LogP contribution in [0, 0.1) is 18.4 Å². The molecule has 0 aliphatic heterocycles. The average Bonchev–Trinajstić information content (AvgIpc) is 2.86. The SMILES string of the molecule is COc1cc2nccc(Oc3ccc(NC(=Nc4ccccc4C)NC#N)cc3)c2cc1OC. The maximum absolute atomic E-state index is 9.10. The molecule has 0 spiro atoms. The van der Waals surface area contributed by atoms with Crippen LogP contribution < -0.4 is 24.8 Å². The van der Waals surface area contributed by atoms with E-state index in [1.54, 1.807) is 26.5 Å². The van der Waals surface area contributed by atoms with Gasteiger partial charge in [-0.25, -0.2) is 4.99 Å². The highest BCUT2D eigenvalue weighted by Gasteiger charge is 2.11. The largest absolute Gasteiger partial charge is 0.493 e. The number of rotatable bonds is 6. The molecule has 4 rings (SSSR count). The molecule has 0 atom stereocenters. The van der Waals surface area contributed by atoms with Crippen molar-refractivity contribution in [3.63, 3.8) is 0 Å². The number of fused-ring (bicyclic) bond motifs is 1. The highest BCUT2D eigenvalue weighted by Crippen LogP contribution is 2.37. The summed E-state index contributed by atoms with van der Waals surface area (Å²) in [5.74, 6) is 2.80. The molecule has 0 amide bonds. The minimum atomic E-state index is 0.326. The minimum Gasteiger partial charge on any atom is -0.493 e. The zero-order valence-electron chi connectivity index (χ0n) is 19.0. The molecule has 34 heavy (non-hydrogen) atoms. The van der Waals surface area contributed by atoms with Crippen molar-refractivity contribution in [1.82, 2.24) is 10.3 Å². The molecule has 2 N–H and O–H groups in total. The molecule has 4 aromatic rings. The van der Waals surface area contributed by atoms with E-state index in [1.807, 2.05) is 73.8 Å². The van der Waals surface area contributed by atoms with Crippen LogP contribution in [-0.2, 0) is 0 Å². The number of para-hydroxylation sites is 1. The third kappa shape index (κ3) is 5.00. The van der Waals surface area contributed by atoms with Gasteiger partial charge in [-0.05, 0) is 55.0 Å². The van der Waals surface area contributed by atoms with E-state index in [0.717, 1.165) is 27.8 Å². The van der Waals surface area contributed by atoms with Crippen molar-refractivity contribution in [2.45, 2.75) is 6.92 Å². The van der Waals surface area contributed by atoms with E-state index < -0.39 is 0 Å². The van der Waals surface area contributed by atoms with Crippen molar-refractivity contribution in [1.29, 1.82) is 5.26 Å². The van der Waals surface area contributed by atoms with Crippen LogP contribution in [0.2, 0.25) is 0 Å². The van der Waals surface area contributed by atoms with Gasteiger partial charge < -0.3 is 19.5 Å². The number of ether oxygens (including phenoxy) is 3. The molecule has 8 heteroatoms. The number of nitrogens with one attached hydrogen (secondary N) is 2. The molecule has 0 bridgehead atoms. The van der Waals surface area contributed by atoms with Gasteiger partial charge in [-0.3, -0.25) is 10.3 Å². The average molecular weight is 454 g/mol. The molecule has 0 aliphatic carbocycles. The van der Waals surface area contributed by atoms with Crippen LogP contribution in [0.3, 0.4) is 0 Å². The van der Waals surface area contributed by atoms with Crippen molar-refractivity contribution in [3.8, 4) is 29.2 Å². The first-order valence-electron chi connectivity index (χ1n) is 10.5. The lowest BCUT2D eigenvalue weighted by Gasteiger charge is -2.13. The second kappa shape index (κ2) is 10.2. The Balaban J connectivity index is 1.56. The molecule has 3 aromatic carbocycles. The van der Waals surface area contributed by atoms with Crippen molar-refractivity contribution < 1.29 is 14.2 Å². The van der Waals surface area contributed by atoms with Crippen molar-refractivity contribution in [2.75, 3.05) is 19.5 Å². The number of hydrogen-bond donors (Lipinski definition) is 2. The Bertz CT molecular complexity index is 1380. The monoisotopic (exact) mass is 453 g/mol. The van der Waals surface area contributed by atoms with Gasteiger partial charge >= 0.3 is 0 Å². The Labute approximate surface area is 197 Å². The molecule has 170 valence electrons. The third-order valence-electron chi connectivity index (χ3n) is 5.07. The highest BCUT2D eigenvalue weighted by molar-refractivity contribution is 5.96. The molecular formula is C26H23N5O3. The predicted octanol–water partition coefficient (Wildman–Crippen LogP) is 5.52. The molecule has 1 heterocycles. The number of nitriles is 1. The number of aromatic nitrogens is 1. The number of guanidine groups is 1. The molecular weight excluding hydrogens is 430 g/mol. The van der Waals surface area contributed by atoms with Crippen LogP contribution in [0.25, 0.3) is 10.9 Å². The third-order valence-corrected chi connectivity index (χ3v) is 5.07. The van der Waals surface area contributed by atoms with Crippen molar-refractivity contribution in [3.05, 3.63) is 78.5 Å². The fraction of sp³-hybridized carbons (Fsp3) is 0.115. The lowest BCUT2D eigenvalue weighted by molar-refractivity contribution is 0.355. The summed E-state index contributed by atoms with van der Waals surface area (Å²) in [5.41, 5.74) is 3.25. The number of benzene rings is 3. The van der Waals surface area contributed by atoms with Gasteiger partial charge in [0.05, 0.1) is 25.4 Å². The van der Waals surface area contributed by atoms with Gasteiger partial charge in [0.1, 0.15) is 11.5 Å². The maximum Gasteiger partial charge on any atom is 0.214 e. The first kappa shape index (κ1) is 22.4. The number of aliphatic imine (C=N–C) groups is 1. The van der Waals surface area contributed by atoms with Crippen LogP contribution in [-0.4, -0.2) is 25.2 Å². The van der Waals surface area contributed by atoms with Gasteiger partial charge in [0.15, 0.2) is 17.7 Å². The molecule has 0 unspecified atom stereocenters. The summed E-state index contributed by atoms with van der Waals surface area (Å²) in [6, 6.07) is 20.5. The number of hydrogen-bond acceptors (Lipinski definition) is 6. The van der Waals surface area contributed by atoms with Crippen molar-refractivity contribution >= 4 is 28.2 Å². The number of nitrogens with zero attached hydrogens (tertiary/aromatic N) is 3. The molecule has 0 aliphatic rings. The van der Waals surface area contributed by atoms with Crippen LogP contribution in [0.5, 0.6) is 23.0 Å². The first-order valence-corrected chi connectivity index (χ1v) is 10.5. The van der Waals surface area contributed by atoms with Crippen molar-refractivity contribution in [2.24, 2.45) is 4.99 Å². The Kier molecular flexibility index (Phi) is 6.75. The molecule has 0 saturated heterocycles. The number of pyridine rings is 1. The smallest absolute Gasteiger partial charge is 0.214 e. The summed E-state index contributed by atoms with van der Waals surface area (Å²) in [7, 11) is 3.17. The Morgan fingerprint density at radius 1 is 0.941 bits per heavy atom. The highest BCUT2D eigenvalue weighted by atomic mass is 16.5. The predicted molar refractivity (Wildman–Crippen MR) is 132 cm³/mol. The Hall–Kier alpha value is -4.77. The molecule has 0 radical (unpaired) electrons. The number of aryl methyl sites for hydroxylation is 1. The van der Waals surface area contributed by atoms with Crippen LogP contribution in [0.4, 0.5) is 11.4 Å². The van der Waals surface area contributed by atoms with E-state index in [9.17, 15) is 0 Å². The second-order valence-electron chi connectivity index (χ2n) is 7.27. The van der Waals surface area contributed by atoms with Gasteiger partial charge in [0.2, 0.25) is 5.96 Å². The topological polar surface area (TPSA) is 101 Å². The van der Waals surface area contributed by atoms with Gasteiger partial charge in [0, 0.05) is 23.3 Å².